The summed E-state index contributed by atoms with van der Waals surface area (Å²) in [4.78, 5) is 30.5. The van der Waals surface area contributed by atoms with Gasteiger partial charge < -0.3 is 25.5 Å². The molecule has 0 spiro atoms. The summed E-state index contributed by atoms with van der Waals surface area (Å²) in [6.07, 6.45) is 37.8. The predicted octanol–water partition coefficient (Wildman–Crippen LogP) is 8.38. The first-order valence-electron chi connectivity index (χ1n) is 18.2. The molecule has 0 aromatic rings. The molecule has 0 radical (unpaired) electrons. The van der Waals surface area contributed by atoms with Gasteiger partial charge in [0.1, 0.15) is 0 Å². The first-order chi connectivity index (χ1) is 21.2. The Morgan fingerprint density at radius 2 is 0.609 bits per heavy atom. The van der Waals surface area contributed by atoms with Crippen LogP contribution < -0.4 is 0 Å². The number of unbranched alkanes of at least 4 members (excludes halogenated alkanes) is 27. The monoisotopic (exact) mass is 710 g/mol. The van der Waals surface area contributed by atoms with Crippen LogP contribution >= 0.6 is 0 Å². The maximum absolute atomic E-state index is 10.3. The third-order valence-corrected chi connectivity index (χ3v) is 8.30. The van der Waals surface area contributed by atoms with Gasteiger partial charge in [0.2, 0.25) is 0 Å². The van der Waals surface area contributed by atoms with Gasteiger partial charge in [0.15, 0.2) is 5.60 Å². The Morgan fingerprint density at radius 1 is 0.413 bits per heavy atom. The third kappa shape index (κ3) is 43.6. The van der Waals surface area contributed by atoms with Crippen molar-refractivity contribution in [2.24, 2.45) is 0 Å². The maximum atomic E-state index is 10.3. The summed E-state index contributed by atoms with van der Waals surface area (Å²) in [7, 11) is 0. The predicted molar refractivity (Wildman–Crippen MR) is 193 cm³/mol. The van der Waals surface area contributed by atoms with Crippen molar-refractivity contribution in [3.63, 3.8) is 0 Å². The molecule has 8 nitrogen and oxygen atoms in total. The van der Waals surface area contributed by atoms with Crippen LogP contribution in [0.2, 0.25) is 0 Å². The van der Waals surface area contributed by atoms with Gasteiger partial charge in [-0.05, 0) is 6.42 Å². The standard InChI is InChI=1S/C30H62O.C6H8O7.2K.2H/c1-2-3-4-5-6-7-8-9-10-11-12-13-14-15-16-17-18-19-20-21-22-23-24-25-26-27-28-29-30-31;7-3(8)1-6(13,5(11)12)2-4(9)10;;;;/h31H,2-30H2,1H3;13H,1-2H2,(H,7,8)(H,9,10)(H,11,12);;;;. The number of carboxylic acids is 3. The molecule has 0 aromatic heterocycles. The van der Waals surface area contributed by atoms with Crippen LogP contribution in [0.1, 0.15) is 200 Å². The molecule has 0 aliphatic rings. The Balaban J connectivity index is -0.000000496. The van der Waals surface area contributed by atoms with Crippen LogP contribution in [-0.4, -0.2) is 158 Å². The van der Waals surface area contributed by atoms with Gasteiger partial charge in [0.25, 0.3) is 0 Å². The van der Waals surface area contributed by atoms with Crippen molar-refractivity contribution >= 4 is 121 Å². The summed E-state index contributed by atoms with van der Waals surface area (Å²) in [5.74, 6) is -5.02. The van der Waals surface area contributed by atoms with Crippen molar-refractivity contribution < 1.29 is 39.9 Å². The third-order valence-electron chi connectivity index (χ3n) is 8.30. The van der Waals surface area contributed by atoms with E-state index in [9.17, 15) is 14.4 Å². The molecule has 266 valence electrons. The van der Waals surface area contributed by atoms with E-state index in [1.807, 2.05) is 0 Å². The fraction of sp³-hybridized carbons (Fsp3) is 0.917. The molecule has 0 amide bonds. The Kier molecular flexibility index (Phi) is 50.6. The minimum absolute atomic E-state index is 0. The van der Waals surface area contributed by atoms with Gasteiger partial charge >= 0.3 is 121 Å². The first kappa shape index (κ1) is 54.4. The van der Waals surface area contributed by atoms with E-state index in [0.717, 1.165) is 6.42 Å². The van der Waals surface area contributed by atoms with E-state index in [0.29, 0.717) is 6.61 Å². The topological polar surface area (TPSA) is 152 Å². The Hall–Kier alpha value is 1.60. The molecule has 0 bridgehead atoms. The van der Waals surface area contributed by atoms with Crippen molar-refractivity contribution in [1.29, 1.82) is 0 Å². The summed E-state index contributed by atoms with van der Waals surface area (Å²) in [5, 5.41) is 42.6. The number of carboxylic acid groups (broad SMARTS) is 3. The van der Waals surface area contributed by atoms with Crippen molar-refractivity contribution in [2.75, 3.05) is 6.61 Å². The molecule has 0 saturated carbocycles. The molecule has 5 N–H and O–H groups in total. The molecule has 0 aliphatic heterocycles. The van der Waals surface area contributed by atoms with Crippen LogP contribution in [-0.2, 0) is 14.4 Å². The summed E-state index contributed by atoms with van der Waals surface area (Å²) in [6, 6.07) is 0. The number of hydrogen-bond donors (Lipinski definition) is 5. The van der Waals surface area contributed by atoms with Crippen LogP contribution in [0.15, 0.2) is 0 Å². The fourth-order valence-corrected chi connectivity index (χ4v) is 5.50. The van der Waals surface area contributed by atoms with Crippen molar-refractivity contribution in [3.8, 4) is 0 Å². The average molecular weight is 711 g/mol. The molecule has 0 atom stereocenters. The van der Waals surface area contributed by atoms with E-state index in [1.165, 1.54) is 173 Å². The number of hydrogen-bond acceptors (Lipinski definition) is 5. The number of aliphatic carboxylic acids is 3. The summed E-state index contributed by atoms with van der Waals surface area (Å²) in [6.45, 7) is 2.68. The van der Waals surface area contributed by atoms with E-state index in [-0.39, 0.29) is 103 Å². The van der Waals surface area contributed by atoms with Crippen LogP contribution in [0, 0.1) is 0 Å². The van der Waals surface area contributed by atoms with Crippen molar-refractivity contribution in [2.45, 2.75) is 205 Å². The van der Waals surface area contributed by atoms with Gasteiger partial charge in [-0.1, -0.05) is 180 Å². The number of aliphatic hydroxyl groups excluding tert-OH is 1. The second kappa shape index (κ2) is 42.8. The molecule has 46 heavy (non-hydrogen) atoms. The van der Waals surface area contributed by atoms with Crippen LogP contribution in [0.4, 0.5) is 0 Å². The fourth-order valence-electron chi connectivity index (χ4n) is 5.50. The van der Waals surface area contributed by atoms with Gasteiger partial charge in [-0.2, -0.15) is 0 Å². The van der Waals surface area contributed by atoms with Crippen LogP contribution in [0.25, 0.3) is 0 Å². The number of aliphatic hydroxyl groups is 2. The second-order valence-corrected chi connectivity index (χ2v) is 12.7. The van der Waals surface area contributed by atoms with E-state index in [1.54, 1.807) is 0 Å². The quantitative estimate of drug-likeness (QED) is 0.0337. The summed E-state index contributed by atoms with van der Waals surface area (Å²) in [5.41, 5.74) is -2.74. The van der Waals surface area contributed by atoms with Crippen LogP contribution in [0.3, 0.4) is 0 Å². The molecule has 0 aliphatic carbocycles. The molecular formula is C36H72K2O8. The molecule has 10 heteroatoms. The van der Waals surface area contributed by atoms with E-state index in [2.05, 4.69) is 6.92 Å². The zero-order chi connectivity index (χ0) is 33.2. The molecule has 0 unspecified atom stereocenters. The second-order valence-electron chi connectivity index (χ2n) is 12.7. The minimum atomic E-state index is -2.74. The molecule has 0 heterocycles. The Labute approximate surface area is 367 Å². The van der Waals surface area contributed by atoms with Gasteiger partial charge in [-0.25, -0.2) is 4.79 Å². The molecular weight excluding hydrogens is 639 g/mol. The van der Waals surface area contributed by atoms with E-state index < -0.39 is 36.4 Å². The zero-order valence-corrected chi connectivity index (χ0v) is 28.4. The van der Waals surface area contributed by atoms with Crippen LogP contribution in [0.5, 0.6) is 0 Å². The van der Waals surface area contributed by atoms with Gasteiger partial charge in [0.05, 0.1) is 12.8 Å². The van der Waals surface area contributed by atoms with Gasteiger partial charge in [-0.15, -0.1) is 0 Å². The average Bonchev–Trinajstić information content (AvgIpc) is 2.96. The molecule has 0 rings (SSSR count). The molecule has 0 saturated heterocycles. The number of carbonyl (C=O) groups is 3. The Bertz CT molecular complexity index is 620. The summed E-state index contributed by atoms with van der Waals surface area (Å²) >= 11 is 0. The number of rotatable bonds is 33. The SMILES string of the molecule is CCCCCCCCCCCCCCCCCCCCCCCCCCCCCCO.O=C(O)CC(O)(CC(=O)O)C(=O)O.[KH].[KH]. The van der Waals surface area contributed by atoms with Crippen molar-refractivity contribution in [3.05, 3.63) is 0 Å². The molecule has 0 aromatic carbocycles. The van der Waals surface area contributed by atoms with Crippen molar-refractivity contribution in [1.82, 2.24) is 0 Å². The zero-order valence-electron chi connectivity index (χ0n) is 28.4. The van der Waals surface area contributed by atoms with E-state index >= 15 is 0 Å². The first-order valence-corrected chi connectivity index (χ1v) is 18.2. The molecule has 0 fully saturated rings. The van der Waals surface area contributed by atoms with Gasteiger partial charge in [-0.3, -0.25) is 9.59 Å². The Morgan fingerprint density at radius 3 is 0.761 bits per heavy atom. The van der Waals surface area contributed by atoms with Gasteiger partial charge in [0, 0.05) is 6.61 Å². The summed E-state index contributed by atoms with van der Waals surface area (Å²) < 4.78 is 0. The van der Waals surface area contributed by atoms with E-state index in [4.69, 9.17) is 25.5 Å². The normalized spacial score (nSPS) is 10.8.